The molecule has 0 bridgehead atoms. The van der Waals surface area contributed by atoms with Gasteiger partial charge >= 0.3 is 0 Å². The zero-order valence-electron chi connectivity index (χ0n) is 14.3. The summed E-state index contributed by atoms with van der Waals surface area (Å²) in [7, 11) is 0. The smallest absolute Gasteiger partial charge is 0.273 e. The van der Waals surface area contributed by atoms with Crippen LogP contribution in [0.4, 0.5) is 5.69 Å². The summed E-state index contributed by atoms with van der Waals surface area (Å²) in [4.78, 5) is 22.8. The molecule has 0 radical (unpaired) electrons. The lowest BCUT2D eigenvalue weighted by Crippen LogP contribution is -2.26. The average Bonchev–Trinajstić information content (AvgIpc) is 3.17. The largest absolute Gasteiger partial charge is 0.352 e. The molecule has 2 aromatic carbocycles. The van der Waals surface area contributed by atoms with Crippen LogP contribution < -0.4 is 5.32 Å². The van der Waals surface area contributed by atoms with Crippen LogP contribution in [0.5, 0.6) is 0 Å². The second-order valence-corrected chi connectivity index (χ2v) is 5.83. The summed E-state index contributed by atoms with van der Waals surface area (Å²) in [5.74, 6) is -0.306. The van der Waals surface area contributed by atoms with Gasteiger partial charge in [-0.05, 0) is 43.2 Å². The highest BCUT2D eigenvalue weighted by atomic mass is 16.6. The van der Waals surface area contributed by atoms with Crippen molar-refractivity contribution in [2.24, 2.45) is 0 Å². The van der Waals surface area contributed by atoms with E-state index in [2.05, 4.69) is 10.4 Å². The predicted octanol–water partition coefficient (Wildman–Crippen LogP) is 3.06. The van der Waals surface area contributed by atoms with Crippen LogP contribution in [0.25, 0.3) is 5.69 Å². The van der Waals surface area contributed by atoms with Crippen LogP contribution in [0.2, 0.25) is 0 Å². The predicted molar refractivity (Wildman–Crippen MR) is 97.4 cm³/mol. The molecule has 3 rings (SSSR count). The number of hydrogen-bond acceptors (Lipinski definition) is 4. The Balaban J connectivity index is 1.59. The van der Waals surface area contributed by atoms with Gasteiger partial charge in [-0.15, -0.1) is 0 Å². The Labute approximate surface area is 150 Å². The third-order valence-corrected chi connectivity index (χ3v) is 4.15. The summed E-state index contributed by atoms with van der Waals surface area (Å²) in [5, 5.41) is 18.0. The molecule has 0 aliphatic carbocycles. The zero-order valence-corrected chi connectivity index (χ0v) is 14.3. The Morgan fingerprint density at radius 3 is 2.62 bits per heavy atom. The van der Waals surface area contributed by atoms with Gasteiger partial charge in [0.1, 0.15) is 0 Å². The topological polar surface area (TPSA) is 90.1 Å². The highest BCUT2D eigenvalue weighted by molar-refractivity contribution is 5.96. The van der Waals surface area contributed by atoms with Gasteiger partial charge in [0.2, 0.25) is 0 Å². The van der Waals surface area contributed by atoms with Gasteiger partial charge < -0.3 is 5.32 Å². The Kier molecular flexibility index (Phi) is 5.07. The second-order valence-electron chi connectivity index (χ2n) is 5.83. The Bertz CT molecular complexity index is 918. The Hall–Kier alpha value is -3.48. The van der Waals surface area contributed by atoms with Crippen LogP contribution in [0.3, 0.4) is 0 Å². The third kappa shape index (κ3) is 3.77. The van der Waals surface area contributed by atoms with Gasteiger partial charge in [-0.3, -0.25) is 14.9 Å². The summed E-state index contributed by atoms with van der Waals surface area (Å²) in [6.07, 6.45) is 4.26. The fraction of sp³-hybridized carbons (Fsp3) is 0.158. The van der Waals surface area contributed by atoms with Crippen LogP contribution in [-0.2, 0) is 6.42 Å². The number of carbonyl (C=O) groups is 1. The minimum Gasteiger partial charge on any atom is -0.352 e. The number of carbonyl (C=O) groups excluding carboxylic acids is 1. The highest BCUT2D eigenvalue weighted by Gasteiger charge is 2.17. The van der Waals surface area contributed by atoms with E-state index >= 15 is 0 Å². The SMILES string of the molecule is Cc1c(C(=O)NCCc2ccc(-n3cccn3)cc2)cccc1[N+](=O)[O-]. The number of amides is 1. The monoisotopic (exact) mass is 350 g/mol. The van der Waals surface area contributed by atoms with Crippen molar-refractivity contribution in [2.75, 3.05) is 6.54 Å². The maximum atomic E-state index is 12.3. The second kappa shape index (κ2) is 7.60. The molecule has 26 heavy (non-hydrogen) atoms. The van der Waals surface area contributed by atoms with Crippen LogP contribution in [0.1, 0.15) is 21.5 Å². The molecule has 132 valence electrons. The molecular formula is C19H18N4O3. The van der Waals surface area contributed by atoms with E-state index in [0.29, 0.717) is 24.1 Å². The minimum atomic E-state index is -0.479. The summed E-state index contributed by atoms with van der Waals surface area (Å²) in [6, 6.07) is 14.3. The number of nitrogens with zero attached hydrogens (tertiary/aromatic N) is 3. The quantitative estimate of drug-likeness (QED) is 0.546. The van der Waals surface area contributed by atoms with Crippen molar-refractivity contribution in [2.45, 2.75) is 13.3 Å². The normalized spacial score (nSPS) is 10.5. The molecule has 1 amide bonds. The van der Waals surface area contributed by atoms with E-state index < -0.39 is 4.92 Å². The lowest BCUT2D eigenvalue weighted by Gasteiger charge is -2.08. The van der Waals surface area contributed by atoms with Gasteiger partial charge in [0.05, 0.1) is 10.6 Å². The summed E-state index contributed by atoms with van der Waals surface area (Å²) in [6.45, 7) is 2.03. The zero-order chi connectivity index (χ0) is 18.5. The average molecular weight is 350 g/mol. The maximum Gasteiger partial charge on any atom is 0.273 e. The van der Waals surface area contributed by atoms with Crippen molar-refractivity contribution in [3.63, 3.8) is 0 Å². The third-order valence-electron chi connectivity index (χ3n) is 4.15. The van der Waals surface area contributed by atoms with Crippen molar-refractivity contribution in [3.8, 4) is 5.69 Å². The lowest BCUT2D eigenvalue weighted by molar-refractivity contribution is -0.385. The molecule has 3 aromatic rings. The number of nitro groups is 1. The first-order valence-electron chi connectivity index (χ1n) is 8.17. The molecule has 1 aromatic heterocycles. The van der Waals surface area contributed by atoms with Gasteiger partial charge in [-0.25, -0.2) is 4.68 Å². The van der Waals surface area contributed by atoms with Crippen molar-refractivity contribution in [3.05, 3.63) is 87.7 Å². The molecule has 1 heterocycles. The first kappa shape index (κ1) is 17.3. The van der Waals surface area contributed by atoms with Gasteiger partial charge in [0.15, 0.2) is 0 Å². The fourth-order valence-electron chi connectivity index (χ4n) is 2.72. The van der Waals surface area contributed by atoms with Crippen LogP contribution in [-0.4, -0.2) is 27.2 Å². The first-order valence-corrected chi connectivity index (χ1v) is 8.17. The number of benzene rings is 2. The van der Waals surface area contributed by atoms with E-state index in [-0.39, 0.29) is 11.6 Å². The van der Waals surface area contributed by atoms with Gasteiger partial charge in [-0.2, -0.15) is 5.10 Å². The summed E-state index contributed by atoms with van der Waals surface area (Å²) < 4.78 is 1.77. The van der Waals surface area contributed by atoms with Crippen molar-refractivity contribution in [1.29, 1.82) is 0 Å². The van der Waals surface area contributed by atoms with E-state index in [0.717, 1.165) is 11.3 Å². The van der Waals surface area contributed by atoms with E-state index in [1.807, 2.05) is 36.5 Å². The molecule has 0 spiro atoms. The molecule has 0 fully saturated rings. The molecule has 0 unspecified atom stereocenters. The standard InChI is InChI=1S/C19H18N4O3/c1-14-17(4-2-5-18(14)23(25)26)19(24)20-12-10-15-6-8-16(9-7-15)22-13-3-11-21-22/h2-9,11,13H,10,12H2,1H3,(H,20,24). The summed E-state index contributed by atoms with van der Waals surface area (Å²) in [5.41, 5.74) is 2.70. The number of hydrogen-bond donors (Lipinski definition) is 1. The van der Waals surface area contributed by atoms with E-state index in [1.54, 1.807) is 23.9 Å². The molecule has 7 heteroatoms. The fourth-order valence-corrected chi connectivity index (χ4v) is 2.72. The van der Waals surface area contributed by atoms with Gasteiger partial charge in [0, 0.05) is 36.1 Å². The highest BCUT2D eigenvalue weighted by Crippen LogP contribution is 2.20. The van der Waals surface area contributed by atoms with Gasteiger partial charge in [-0.1, -0.05) is 18.2 Å². The Morgan fingerprint density at radius 2 is 1.96 bits per heavy atom. The Morgan fingerprint density at radius 1 is 1.19 bits per heavy atom. The van der Waals surface area contributed by atoms with Gasteiger partial charge in [0.25, 0.3) is 11.6 Å². The van der Waals surface area contributed by atoms with Crippen molar-refractivity contribution in [1.82, 2.24) is 15.1 Å². The van der Waals surface area contributed by atoms with E-state index in [4.69, 9.17) is 0 Å². The van der Waals surface area contributed by atoms with Crippen LogP contribution >= 0.6 is 0 Å². The number of rotatable bonds is 6. The molecule has 0 aliphatic heterocycles. The molecule has 0 saturated carbocycles. The molecule has 0 aliphatic rings. The number of nitro benzene ring substituents is 1. The van der Waals surface area contributed by atoms with E-state index in [1.165, 1.54) is 12.1 Å². The van der Waals surface area contributed by atoms with E-state index in [9.17, 15) is 14.9 Å². The van der Waals surface area contributed by atoms with Crippen molar-refractivity contribution < 1.29 is 9.72 Å². The molecule has 7 nitrogen and oxygen atoms in total. The number of nitrogens with one attached hydrogen (secondary N) is 1. The van der Waals surface area contributed by atoms with Crippen LogP contribution in [0.15, 0.2) is 60.9 Å². The minimum absolute atomic E-state index is 0.0492. The number of aromatic nitrogens is 2. The molecule has 0 saturated heterocycles. The van der Waals surface area contributed by atoms with Crippen molar-refractivity contribution >= 4 is 11.6 Å². The lowest BCUT2D eigenvalue weighted by atomic mass is 10.1. The molecule has 0 atom stereocenters. The van der Waals surface area contributed by atoms with Crippen LogP contribution in [0, 0.1) is 17.0 Å². The maximum absolute atomic E-state index is 12.3. The molecule has 1 N–H and O–H groups in total. The summed E-state index contributed by atoms with van der Waals surface area (Å²) >= 11 is 0. The first-order chi connectivity index (χ1) is 12.6. The molecular weight excluding hydrogens is 332 g/mol.